The van der Waals surface area contributed by atoms with Crippen LogP contribution in [0.5, 0.6) is 11.6 Å². The van der Waals surface area contributed by atoms with Gasteiger partial charge in [0.05, 0.1) is 33.9 Å². The highest BCUT2D eigenvalue weighted by Gasteiger charge is 2.53. The van der Waals surface area contributed by atoms with Crippen LogP contribution in [0.15, 0.2) is 70.7 Å². The summed E-state index contributed by atoms with van der Waals surface area (Å²) in [6.07, 6.45) is 1.63. The van der Waals surface area contributed by atoms with E-state index in [0.29, 0.717) is 40.8 Å². The number of ether oxygens (including phenoxy) is 1. The van der Waals surface area contributed by atoms with Gasteiger partial charge in [0.25, 0.3) is 5.88 Å². The number of benzene rings is 2. The van der Waals surface area contributed by atoms with Gasteiger partial charge in [-0.3, -0.25) is 14.5 Å². The molecule has 9 rings (SSSR count). The van der Waals surface area contributed by atoms with Crippen molar-refractivity contribution in [3.05, 3.63) is 93.6 Å². The average Bonchev–Trinajstić information content (AvgIpc) is 4.02. The highest BCUT2D eigenvalue weighted by Crippen LogP contribution is 2.58. The van der Waals surface area contributed by atoms with Crippen LogP contribution in [-0.4, -0.2) is 97.1 Å². The molecule has 0 unspecified atom stereocenters. The zero-order chi connectivity index (χ0) is 42.6. The molecule has 3 N–H and O–H groups in total. The molecule has 3 aliphatic rings. The molecule has 61 heavy (non-hydrogen) atoms. The van der Waals surface area contributed by atoms with Gasteiger partial charge in [-0.15, -0.1) is 32.9 Å². The summed E-state index contributed by atoms with van der Waals surface area (Å²) < 4.78 is 11.7. The number of phenolic OH excluding ortho intramolecular Hbond substituents is 1. The van der Waals surface area contributed by atoms with Crippen molar-refractivity contribution in [1.82, 2.24) is 35.5 Å². The van der Waals surface area contributed by atoms with E-state index in [9.17, 15) is 19.8 Å². The van der Waals surface area contributed by atoms with E-state index in [1.54, 1.807) is 40.9 Å². The SMILES string of the molecule is Cc1ncsc1-c1ccc([C@H](C)NC(=O)[C@@H]2C[C@@H](O)CN2C(=O)[C@@H](c2cc(OCCN3CC4(CC(c5sc6nnc(-c7ccccc7O)cc6c5C)C4)C3)no2)C(C)C)cc1. The minimum absolute atomic E-state index is 0.0626. The quantitative estimate of drug-likeness (QED) is 0.105. The second kappa shape index (κ2) is 16.6. The lowest BCUT2D eigenvalue weighted by Gasteiger charge is -2.59. The van der Waals surface area contributed by atoms with E-state index >= 15 is 0 Å². The second-order valence-corrected chi connectivity index (χ2v) is 19.4. The minimum Gasteiger partial charge on any atom is -0.507 e. The topological polar surface area (TPSA) is 167 Å². The molecule has 1 saturated carbocycles. The van der Waals surface area contributed by atoms with E-state index in [1.807, 2.05) is 69.6 Å². The maximum absolute atomic E-state index is 14.2. The van der Waals surface area contributed by atoms with Gasteiger partial charge in [0.2, 0.25) is 11.8 Å². The number of rotatable bonds is 13. The van der Waals surface area contributed by atoms with E-state index in [0.717, 1.165) is 64.4 Å². The Morgan fingerprint density at radius 3 is 2.54 bits per heavy atom. The van der Waals surface area contributed by atoms with Gasteiger partial charge < -0.3 is 29.7 Å². The van der Waals surface area contributed by atoms with E-state index in [1.165, 1.54) is 15.3 Å². The molecule has 2 aliphatic heterocycles. The molecular weight excluding hydrogens is 811 g/mol. The van der Waals surface area contributed by atoms with Crippen molar-refractivity contribution in [2.45, 2.75) is 83.9 Å². The van der Waals surface area contributed by atoms with Gasteiger partial charge >= 0.3 is 0 Å². The third-order valence-electron chi connectivity index (χ3n) is 12.8. The number of carbonyl (C=O) groups excluding carboxylic acids is 2. The number of aryl methyl sites for hydroxylation is 2. The number of β-amino-alcohol motifs (C(OH)–C–C–N with tert-alkyl or cyclic N) is 1. The lowest BCUT2D eigenvalue weighted by molar-refractivity contribution is -0.141. The van der Waals surface area contributed by atoms with Crippen molar-refractivity contribution >= 4 is 44.7 Å². The Bertz CT molecular complexity index is 2550. The molecule has 6 aromatic rings. The summed E-state index contributed by atoms with van der Waals surface area (Å²) in [5.74, 6) is -0.0518. The van der Waals surface area contributed by atoms with E-state index in [2.05, 4.69) is 43.5 Å². The number of likely N-dealkylation sites (tertiary alicyclic amines) is 2. The number of thiazole rings is 1. The number of nitrogens with zero attached hydrogens (tertiary/aromatic N) is 6. The summed E-state index contributed by atoms with van der Waals surface area (Å²) >= 11 is 3.33. The van der Waals surface area contributed by atoms with E-state index < -0.39 is 18.1 Å². The largest absolute Gasteiger partial charge is 0.507 e. The predicted molar refractivity (Wildman–Crippen MR) is 235 cm³/mol. The Hall–Kier alpha value is -5.22. The number of thiophene rings is 1. The lowest BCUT2D eigenvalue weighted by atomic mass is 9.57. The van der Waals surface area contributed by atoms with E-state index in [4.69, 9.17) is 9.26 Å². The van der Waals surface area contributed by atoms with Crippen molar-refractivity contribution in [2.75, 3.05) is 32.8 Å². The zero-order valence-corrected chi connectivity index (χ0v) is 36.6. The summed E-state index contributed by atoms with van der Waals surface area (Å²) in [5.41, 5.74) is 7.78. The molecule has 2 saturated heterocycles. The summed E-state index contributed by atoms with van der Waals surface area (Å²) in [6, 6.07) is 17.9. The smallest absolute Gasteiger partial charge is 0.254 e. The highest BCUT2D eigenvalue weighted by molar-refractivity contribution is 7.19. The molecule has 318 valence electrons. The Morgan fingerprint density at radius 1 is 1.05 bits per heavy atom. The number of phenols is 1. The first-order chi connectivity index (χ1) is 29.4. The van der Waals surface area contributed by atoms with Gasteiger partial charge in [0.15, 0.2) is 5.76 Å². The van der Waals surface area contributed by atoms with Crippen molar-refractivity contribution < 1.29 is 29.1 Å². The highest BCUT2D eigenvalue weighted by atomic mass is 32.1. The fraction of sp³-hybridized carbons (Fsp3) is 0.435. The third kappa shape index (κ3) is 8.04. The monoisotopic (exact) mass is 861 g/mol. The first-order valence-corrected chi connectivity index (χ1v) is 22.7. The lowest BCUT2D eigenvalue weighted by Crippen LogP contribution is -2.62. The maximum Gasteiger partial charge on any atom is 0.254 e. The van der Waals surface area contributed by atoms with Crippen LogP contribution in [0.1, 0.15) is 85.4 Å². The summed E-state index contributed by atoms with van der Waals surface area (Å²) in [7, 11) is 0. The molecular formula is C46H51N7O6S2. The Labute approximate surface area is 362 Å². The molecule has 0 bridgehead atoms. The molecule has 4 aromatic heterocycles. The Morgan fingerprint density at radius 2 is 1.82 bits per heavy atom. The van der Waals surface area contributed by atoms with Crippen LogP contribution in [-0.2, 0) is 9.59 Å². The summed E-state index contributed by atoms with van der Waals surface area (Å²) in [6.45, 7) is 13.2. The molecule has 2 amide bonds. The van der Waals surface area contributed by atoms with Crippen molar-refractivity contribution in [2.24, 2.45) is 11.3 Å². The number of carbonyl (C=O) groups is 2. The number of nitrogens with one attached hydrogen (secondary N) is 1. The number of para-hydroxylation sites is 1. The number of aromatic nitrogens is 4. The average molecular weight is 862 g/mol. The zero-order valence-electron chi connectivity index (χ0n) is 35.0. The van der Waals surface area contributed by atoms with Gasteiger partial charge in [0, 0.05) is 54.5 Å². The molecule has 3 fully saturated rings. The molecule has 1 aliphatic carbocycles. The number of aromatic hydroxyl groups is 1. The van der Waals surface area contributed by atoms with Gasteiger partial charge in [-0.05, 0) is 90.9 Å². The Kier molecular flexibility index (Phi) is 11.2. The van der Waals surface area contributed by atoms with Crippen LogP contribution >= 0.6 is 22.7 Å². The van der Waals surface area contributed by atoms with Crippen LogP contribution in [0.2, 0.25) is 0 Å². The maximum atomic E-state index is 14.2. The standard InChI is InChI=1S/C46H51N7O6S2/c1-25(2)40(45(57)53-21-32(54)16-36(53)43(56)48-27(4)29-10-12-30(13-11-29)42-28(5)47-24-60-42)38-18-39(51-59-38)58-15-14-52-22-46(23-52)19-31(20-46)41-26(3)34-17-35(49-50-44(34)61-41)33-8-6-7-9-37(33)55/h6-13,17-18,24-25,27,31-32,36,40,54-55H,14-16,19-23H2,1-5H3,(H,48,56)/t27-,32+,36-,40+/m0/s1. The fourth-order valence-corrected chi connectivity index (χ4v) is 11.6. The van der Waals surface area contributed by atoms with Crippen molar-refractivity contribution in [3.63, 3.8) is 0 Å². The van der Waals surface area contributed by atoms with E-state index in [-0.39, 0.29) is 42.5 Å². The molecule has 4 atom stereocenters. The van der Waals surface area contributed by atoms with Crippen LogP contribution < -0.4 is 10.1 Å². The number of hydrogen-bond donors (Lipinski definition) is 3. The first-order valence-electron chi connectivity index (χ1n) is 21.0. The number of aliphatic hydroxyl groups excluding tert-OH is 1. The third-order valence-corrected chi connectivity index (χ3v) is 15.1. The summed E-state index contributed by atoms with van der Waals surface area (Å²) in [4.78, 5) is 39.5. The van der Waals surface area contributed by atoms with Crippen LogP contribution in [0.25, 0.3) is 31.9 Å². The number of aliphatic hydroxyl groups is 1. The van der Waals surface area contributed by atoms with Gasteiger partial charge in [-0.1, -0.05) is 50.2 Å². The normalized spacial score (nSPS) is 19.9. The van der Waals surface area contributed by atoms with Crippen molar-refractivity contribution in [3.8, 4) is 33.3 Å². The molecule has 0 radical (unpaired) electrons. The predicted octanol–water partition coefficient (Wildman–Crippen LogP) is 7.63. The van der Waals surface area contributed by atoms with Gasteiger partial charge in [-0.2, -0.15) is 0 Å². The summed E-state index contributed by atoms with van der Waals surface area (Å²) in [5, 5.41) is 38.3. The van der Waals surface area contributed by atoms with Gasteiger partial charge in [0.1, 0.15) is 29.1 Å². The van der Waals surface area contributed by atoms with Crippen LogP contribution in [0.4, 0.5) is 0 Å². The van der Waals surface area contributed by atoms with Gasteiger partial charge in [-0.25, -0.2) is 4.98 Å². The molecule has 6 heterocycles. The number of hydrogen-bond acceptors (Lipinski definition) is 13. The number of fused-ring (bicyclic) bond motifs is 1. The van der Waals surface area contributed by atoms with Crippen LogP contribution in [0.3, 0.4) is 0 Å². The number of amides is 2. The van der Waals surface area contributed by atoms with Crippen LogP contribution in [0, 0.1) is 25.2 Å². The second-order valence-electron chi connectivity index (χ2n) is 17.5. The molecule has 13 nitrogen and oxygen atoms in total. The Balaban J connectivity index is 0.759. The first kappa shape index (κ1) is 41.1. The molecule has 1 spiro atoms. The minimum atomic E-state index is -0.817. The molecule has 2 aromatic carbocycles. The fourth-order valence-electron chi connectivity index (χ4n) is 9.62. The van der Waals surface area contributed by atoms with Crippen molar-refractivity contribution in [1.29, 1.82) is 0 Å². The molecule has 15 heteroatoms.